The summed E-state index contributed by atoms with van der Waals surface area (Å²) in [6.45, 7) is 9.25. The van der Waals surface area contributed by atoms with Gasteiger partial charge in [-0.3, -0.25) is 18.6 Å². The van der Waals surface area contributed by atoms with Crippen LogP contribution in [-0.2, 0) is 6.54 Å². The SMILES string of the molecule is C=CCn1c(-c2cc(C)oc2C)cn2cc(C(=O)N3CCSCC3)nc2c1=O. The van der Waals surface area contributed by atoms with Crippen molar-refractivity contribution in [1.29, 1.82) is 0 Å². The van der Waals surface area contributed by atoms with Gasteiger partial charge in [0.1, 0.15) is 17.2 Å². The first-order valence-corrected chi connectivity index (χ1v) is 10.3. The van der Waals surface area contributed by atoms with Gasteiger partial charge in [0.15, 0.2) is 0 Å². The Morgan fingerprint density at radius 1 is 1.32 bits per heavy atom. The third-order valence-electron chi connectivity index (χ3n) is 4.87. The minimum atomic E-state index is -0.260. The monoisotopic (exact) mass is 398 g/mol. The number of rotatable bonds is 4. The Morgan fingerprint density at radius 2 is 2.07 bits per heavy atom. The number of imidazole rings is 1. The van der Waals surface area contributed by atoms with Gasteiger partial charge in [0.25, 0.3) is 11.5 Å². The second-order valence-electron chi connectivity index (χ2n) is 6.81. The van der Waals surface area contributed by atoms with Crippen molar-refractivity contribution < 1.29 is 9.21 Å². The molecule has 0 spiro atoms. The van der Waals surface area contributed by atoms with Crippen LogP contribution >= 0.6 is 11.8 Å². The number of carbonyl (C=O) groups is 1. The summed E-state index contributed by atoms with van der Waals surface area (Å²) in [7, 11) is 0. The van der Waals surface area contributed by atoms with Crippen LogP contribution in [0.15, 0.2) is 40.3 Å². The van der Waals surface area contributed by atoms with Gasteiger partial charge < -0.3 is 9.32 Å². The van der Waals surface area contributed by atoms with E-state index in [1.807, 2.05) is 37.9 Å². The first-order chi connectivity index (χ1) is 13.5. The molecule has 28 heavy (non-hydrogen) atoms. The molecule has 1 aliphatic rings. The summed E-state index contributed by atoms with van der Waals surface area (Å²) >= 11 is 1.84. The van der Waals surface area contributed by atoms with Crippen LogP contribution in [0.1, 0.15) is 22.0 Å². The van der Waals surface area contributed by atoms with E-state index in [1.54, 1.807) is 26.1 Å². The molecule has 3 aromatic rings. The fraction of sp³-hybridized carbons (Fsp3) is 0.350. The Hall–Kier alpha value is -2.74. The molecule has 0 unspecified atom stereocenters. The van der Waals surface area contributed by atoms with E-state index in [-0.39, 0.29) is 17.1 Å². The number of aromatic nitrogens is 3. The lowest BCUT2D eigenvalue weighted by atomic mass is 10.2. The van der Waals surface area contributed by atoms with Gasteiger partial charge in [-0.15, -0.1) is 6.58 Å². The van der Waals surface area contributed by atoms with E-state index < -0.39 is 0 Å². The molecule has 3 aromatic heterocycles. The number of hydrogen-bond donors (Lipinski definition) is 0. The molecular weight excluding hydrogens is 376 g/mol. The number of nitrogens with zero attached hydrogens (tertiary/aromatic N) is 4. The van der Waals surface area contributed by atoms with Gasteiger partial charge in [-0.05, 0) is 19.9 Å². The quantitative estimate of drug-likeness (QED) is 0.632. The van der Waals surface area contributed by atoms with Crippen LogP contribution in [0.25, 0.3) is 16.9 Å². The molecule has 1 aliphatic heterocycles. The van der Waals surface area contributed by atoms with Crippen LogP contribution in [0, 0.1) is 13.8 Å². The van der Waals surface area contributed by atoms with Gasteiger partial charge in [-0.2, -0.15) is 11.8 Å². The molecule has 0 aromatic carbocycles. The largest absolute Gasteiger partial charge is 0.466 e. The number of amides is 1. The number of hydrogen-bond acceptors (Lipinski definition) is 5. The summed E-state index contributed by atoms with van der Waals surface area (Å²) in [5.74, 6) is 3.23. The normalized spacial score (nSPS) is 14.6. The van der Waals surface area contributed by atoms with Crippen molar-refractivity contribution in [3.8, 4) is 11.3 Å². The summed E-state index contributed by atoms with van der Waals surface area (Å²) in [4.78, 5) is 32.1. The summed E-state index contributed by atoms with van der Waals surface area (Å²) in [6.07, 6.45) is 5.14. The van der Waals surface area contributed by atoms with E-state index in [2.05, 4.69) is 11.6 Å². The van der Waals surface area contributed by atoms with Crippen LogP contribution < -0.4 is 5.56 Å². The number of carbonyl (C=O) groups excluding carboxylic acids is 1. The summed E-state index contributed by atoms with van der Waals surface area (Å²) in [5.41, 5.74) is 1.82. The molecule has 0 aliphatic carbocycles. The van der Waals surface area contributed by atoms with Crippen LogP contribution in [0.4, 0.5) is 0 Å². The molecule has 7 nitrogen and oxygen atoms in total. The predicted molar refractivity (Wildman–Crippen MR) is 110 cm³/mol. The van der Waals surface area contributed by atoms with Crippen molar-refractivity contribution >= 4 is 23.3 Å². The van der Waals surface area contributed by atoms with E-state index in [1.165, 1.54) is 0 Å². The summed E-state index contributed by atoms with van der Waals surface area (Å²) < 4.78 is 8.90. The minimum Gasteiger partial charge on any atom is -0.466 e. The number of furan rings is 1. The molecule has 1 saturated heterocycles. The lowest BCUT2D eigenvalue weighted by Gasteiger charge is -2.25. The zero-order valence-electron chi connectivity index (χ0n) is 16.0. The first kappa shape index (κ1) is 18.6. The van der Waals surface area contributed by atoms with Gasteiger partial charge in [0, 0.05) is 49.1 Å². The highest BCUT2D eigenvalue weighted by atomic mass is 32.2. The van der Waals surface area contributed by atoms with E-state index in [9.17, 15) is 9.59 Å². The first-order valence-electron chi connectivity index (χ1n) is 9.17. The van der Waals surface area contributed by atoms with Crippen molar-refractivity contribution in [2.45, 2.75) is 20.4 Å². The number of aryl methyl sites for hydroxylation is 2. The van der Waals surface area contributed by atoms with Gasteiger partial charge in [-0.1, -0.05) is 6.08 Å². The maximum Gasteiger partial charge on any atom is 0.295 e. The molecule has 0 bridgehead atoms. The second kappa shape index (κ2) is 7.35. The lowest BCUT2D eigenvalue weighted by Crippen LogP contribution is -2.38. The highest BCUT2D eigenvalue weighted by molar-refractivity contribution is 7.99. The van der Waals surface area contributed by atoms with E-state index in [0.29, 0.717) is 31.0 Å². The zero-order valence-corrected chi connectivity index (χ0v) is 16.8. The average molecular weight is 398 g/mol. The van der Waals surface area contributed by atoms with Gasteiger partial charge in [0.05, 0.1) is 5.69 Å². The molecule has 1 amide bonds. The van der Waals surface area contributed by atoms with Crippen molar-refractivity contribution in [2.24, 2.45) is 0 Å². The van der Waals surface area contributed by atoms with Crippen molar-refractivity contribution in [1.82, 2.24) is 18.9 Å². The molecule has 4 heterocycles. The number of thioether (sulfide) groups is 1. The van der Waals surface area contributed by atoms with Crippen molar-refractivity contribution in [3.05, 3.63) is 58.7 Å². The Labute approximate surface area is 166 Å². The Bertz CT molecular complexity index is 1120. The molecule has 0 saturated carbocycles. The molecule has 8 heteroatoms. The predicted octanol–water partition coefficient (Wildman–Crippen LogP) is 2.75. The summed E-state index contributed by atoms with van der Waals surface area (Å²) in [5, 5.41) is 0. The topological polar surface area (TPSA) is 72.8 Å². The van der Waals surface area contributed by atoms with Gasteiger partial charge >= 0.3 is 0 Å². The Kier molecular flexibility index (Phi) is 4.89. The zero-order chi connectivity index (χ0) is 19.8. The maximum atomic E-state index is 13.1. The number of fused-ring (bicyclic) bond motifs is 1. The van der Waals surface area contributed by atoms with E-state index in [0.717, 1.165) is 28.6 Å². The third kappa shape index (κ3) is 3.17. The van der Waals surface area contributed by atoms with Crippen LogP contribution in [0.2, 0.25) is 0 Å². The van der Waals surface area contributed by atoms with Crippen LogP contribution in [0.3, 0.4) is 0 Å². The lowest BCUT2D eigenvalue weighted by molar-refractivity contribution is 0.0767. The molecule has 4 rings (SSSR count). The standard InChI is InChI=1S/C20H22N4O3S/c1-4-5-24-17(15-10-13(2)27-14(15)3)12-23-11-16(21-18(23)20(24)26)19(25)22-6-8-28-9-7-22/h4,10-12H,1,5-9H2,2-3H3. The molecule has 1 fully saturated rings. The molecule has 146 valence electrons. The Balaban J connectivity index is 1.86. The molecule has 0 N–H and O–H groups in total. The van der Waals surface area contributed by atoms with Crippen LogP contribution in [-0.4, -0.2) is 49.4 Å². The maximum absolute atomic E-state index is 13.1. The van der Waals surface area contributed by atoms with E-state index in [4.69, 9.17) is 4.42 Å². The summed E-state index contributed by atoms with van der Waals surface area (Å²) in [6, 6.07) is 1.91. The molecule has 0 atom stereocenters. The second-order valence-corrected chi connectivity index (χ2v) is 8.03. The van der Waals surface area contributed by atoms with Gasteiger partial charge in [0.2, 0.25) is 5.65 Å². The Morgan fingerprint density at radius 3 is 2.71 bits per heavy atom. The van der Waals surface area contributed by atoms with Crippen molar-refractivity contribution in [2.75, 3.05) is 24.6 Å². The van der Waals surface area contributed by atoms with Crippen LogP contribution in [0.5, 0.6) is 0 Å². The fourth-order valence-corrected chi connectivity index (χ4v) is 4.43. The molecule has 0 radical (unpaired) electrons. The van der Waals surface area contributed by atoms with E-state index >= 15 is 0 Å². The fourth-order valence-electron chi connectivity index (χ4n) is 3.52. The van der Waals surface area contributed by atoms with Gasteiger partial charge in [-0.25, -0.2) is 4.98 Å². The highest BCUT2D eigenvalue weighted by Crippen LogP contribution is 2.26. The minimum absolute atomic E-state index is 0.129. The van der Waals surface area contributed by atoms with Crippen molar-refractivity contribution in [3.63, 3.8) is 0 Å². The highest BCUT2D eigenvalue weighted by Gasteiger charge is 2.23. The smallest absolute Gasteiger partial charge is 0.295 e. The average Bonchev–Trinajstić information content (AvgIpc) is 3.27. The third-order valence-corrected chi connectivity index (χ3v) is 5.81. The molecular formula is C20H22N4O3S. The number of allylic oxidation sites excluding steroid dienone is 1.